The molecular weight excluding hydrogens is 384 g/mol. The predicted octanol–water partition coefficient (Wildman–Crippen LogP) is 3.42. The fourth-order valence-electron chi connectivity index (χ4n) is 4.15. The predicted molar refractivity (Wildman–Crippen MR) is 110 cm³/mol. The normalized spacial score (nSPS) is 29.8. The van der Waals surface area contributed by atoms with Crippen molar-refractivity contribution in [3.05, 3.63) is 71.8 Å². The maximum Gasteiger partial charge on any atom is 0.190 e. The van der Waals surface area contributed by atoms with Crippen molar-refractivity contribution in [3.8, 4) is 0 Å². The summed E-state index contributed by atoms with van der Waals surface area (Å²) < 4.78 is 30.8. The van der Waals surface area contributed by atoms with E-state index in [0.29, 0.717) is 19.6 Å². The van der Waals surface area contributed by atoms with Gasteiger partial charge in [0.15, 0.2) is 12.1 Å². The Bertz CT molecular complexity index is 796. The van der Waals surface area contributed by atoms with Crippen molar-refractivity contribution < 1.29 is 28.8 Å². The zero-order valence-electron chi connectivity index (χ0n) is 17.5. The minimum absolute atomic E-state index is 0.0529. The van der Waals surface area contributed by atoms with E-state index in [1.165, 1.54) is 0 Å². The molecule has 0 bridgehead atoms. The van der Waals surface area contributed by atoms with Gasteiger partial charge in [-0.05, 0) is 25.0 Å². The zero-order valence-corrected chi connectivity index (χ0v) is 17.5. The van der Waals surface area contributed by atoms with Gasteiger partial charge in [-0.15, -0.1) is 0 Å². The van der Waals surface area contributed by atoms with Crippen LogP contribution in [0.2, 0.25) is 0 Å². The lowest BCUT2D eigenvalue weighted by Crippen LogP contribution is -2.50. The average Bonchev–Trinajstić information content (AvgIpc) is 3.17. The van der Waals surface area contributed by atoms with E-state index in [2.05, 4.69) is 0 Å². The summed E-state index contributed by atoms with van der Waals surface area (Å²) in [6, 6.07) is 19.9. The Morgan fingerprint density at radius 3 is 2.13 bits per heavy atom. The highest BCUT2D eigenvalue weighted by Crippen LogP contribution is 2.45. The second-order valence-corrected chi connectivity index (χ2v) is 8.32. The van der Waals surface area contributed by atoms with Gasteiger partial charge >= 0.3 is 0 Å². The van der Waals surface area contributed by atoms with Crippen molar-refractivity contribution in [1.29, 1.82) is 0 Å². The molecule has 6 heteroatoms. The first-order valence-electron chi connectivity index (χ1n) is 10.4. The van der Waals surface area contributed by atoms with Crippen molar-refractivity contribution >= 4 is 0 Å². The second kappa shape index (κ2) is 9.14. The van der Waals surface area contributed by atoms with Gasteiger partial charge in [0.25, 0.3) is 0 Å². The highest BCUT2D eigenvalue weighted by Gasteiger charge is 2.62. The molecule has 0 saturated carbocycles. The van der Waals surface area contributed by atoms with Crippen LogP contribution in [-0.2, 0) is 36.9 Å². The van der Waals surface area contributed by atoms with Gasteiger partial charge in [-0.3, -0.25) is 0 Å². The Balaban J connectivity index is 1.51. The number of hydrogen-bond acceptors (Lipinski definition) is 6. The molecule has 0 amide bonds. The minimum atomic E-state index is -0.857. The third kappa shape index (κ3) is 4.75. The number of ether oxygens (including phenoxy) is 5. The van der Waals surface area contributed by atoms with Crippen LogP contribution in [0.15, 0.2) is 60.7 Å². The van der Waals surface area contributed by atoms with Crippen LogP contribution in [0.4, 0.5) is 0 Å². The third-order valence-corrected chi connectivity index (χ3v) is 5.52. The quantitative estimate of drug-likeness (QED) is 0.678. The van der Waals surface area contributed by atoms with Gasteiger partial charge in [0.2, 0.25) is 0 Å². The maximum atomic E-state index is 9.80. The summed E-state index contributed by atoms with van der Waals surface area (Å²) in [5.74, 6) is -0.750. The van der Waals surface area contributed by atoms with Crippen molar-refractivity contribution in [3.63, 3.8) is 0 Å². The van der Waals surface area contributed by atoms with E-state index in [0.717, 1.165) is 11.1 Å². The van der Waals surface area contributed by atoms with E-state index in [4.69, 9.17) is 23.7 Å². The largest absolute Gasteiger partial charge is 0.396 e. The van der Waals surface area contributed by atoms with Crippen LogP contribution >= 0.6 is 0 Å². The lowest BCUT2D eigenvalue weighted by Gasteiger charge is -2.36. The van der Waals surface area contributed by atoms with E-state index < -0.39 is 29.9 Å². The number of benzene rings is 2. The average molecular weight is 414 g/mol. The van der Waals surface area contributed by atoms with Gasteiger partial charge in [0, 0.05) is 13.0 Å². The molecule has 0 spiro atoms. The number of hydrogen-bond donors (Lipinski definition) is 1. The monoisotopic (exact) mass is 414 g/mol. The summed E-state index contributed by atoms with van der Waals surface area (Å²) in [4.78, 5) is 0. The lowest BCUT2D eigenvalue weighted by molar-refractivity contribution is -0.257. The Morgan fingerprint density at radius 1 is 0.867 bits per heavy atom. The first-order valence-corrected chi connectivity index (χ1v) is 10.4. The summed E-state index contributed by atoms with van der Waals surface area (Å²) in [5, 5.41) is 9.80. The van der Waals surface area contributed by atoms with E-state index in [9.17, 15) is 5.11 Å². The third-order valence-electron chi connectivity index (χ3n) is 5.52. The van der Waals surface area contributed by atoms with Gasteiger partial charge in [0.1, 0.15) is 17.8 Å². The maximum absolute atomic E-state index is 9.80. The van der Waals surface area contributed by atoms with Crippen molar-refractivity contribution in [1.82, 2.24) is 0 Å². The summed E-state index contributed by atoms with van der Waals surface area (Å²) >= 11 is 0. The van der Waals surface area contributed by atoms with Gasteiger partial charge < -0.3 is 28.8 Å². The Morgan fingerprint density at radius 2 is 1.50 bits per heavy atom. The number of fused-ring (bicyclic) bond motifs is 1. The molecular formula is C24H30O6. The van der Waals surface area contributed by atoms with Crippen LogP contribution in [0.25, 0.3) is 0 Å². The Kier molecular flexibility index (Phi) is 6.53. The van der Waals surface area contributed by atoms with Crippen LogP contribution in [-0.4, -0.2) is 48.2 Å². The molecule has 0 radical (unpaired) electrons. The van der Waals surface area contributed by atoms with Crippen molar-refractivity contribution in [2.75, 3.05) is 13.2 Å². The van der Waals surface area contributed by atoms with Crippen molar-refractivity contribution in [2.45, 2.75) is 63.4 Å². The Hall–Kier alpha value is -1.80. The number of aliphatic hydroxyl groups is 1. The minimum Gasteiger partial charge on any atom is -0.396 e. The molecule has 2 aliphatic heterocycles. The standard InChI is InChI=1S/C24H30O6/c1-23(2)28-20-21(27-16-19-11-7-4-8-12-19)24(13-14-25,30-22(20)29-23)17-26-15-18-9-5-3-6-10-18/h3-12,20-22,25H,13-17H2,1-2H3/t20?,21-,22+,24-/m1/s1. The number of rotatable bonds is 9. The molecule has 2 saturated heterocycles. The van der Waals surface area contributed by atoms with Gasteiger partial charge in [-0.2, -0.15) is 0 Å². The van der Waals surface area contributed by atoms with Crippen molar-refractivity contribution in [2.24, 2.45) is 0 Å². The van der Waals surface area contributed by atoms with E-state index >= 15 is 0 Å². The van der Waals surface area contributed by atoms with E-state index in [1.54, 1.807) is 0 Å². The molecule has 2 aromatic carbocycles. The first kappa shape index (κ1) is 21.4. The van der Waals surface area contributed by atoms with Crippen LogP contribution in [0, 0.1) is 0 Å². The van der Waals surface area contributed by atoms with Gasteiger partial charge in [-0.1, -0.05) is 60.7 Å². The molecule has 2 aliphatic rings. The molecule has 2 heterocycles. The summed E-state index contributed by atoms with van der Waals surface area (Å²) in [7, 11) is 0. The molecule has 2 aromatic rings. The highest BCUT2D eigenvalue weighted by molar-refractivity contribution is 5.15. The van der Waals surface area contributed by atoms with Gasteiger partial charge in [-0.25, -0.2) is 0 Å². The molecule has 0 aliphatic carbocycles. The molecule has 0 aromatic heterocycles. The fourth-order valence-corrected chi connectivity index (χ4v) is 4.15. The van der Waals surface area contributed by atoms with Crippen LogP contribution in [0.5, 0.6) is 0 Å². The smallest absolute Gasteiger partial charge is 0.190 e. The van der Waals surface area contributed by atoms with Crippen LogP contribution in [0.3, 0.4) is 0 Å². The molecule has 162 valence electrons. The van der Waals surface area contributed by atoms with Gasteiger partial charge in [0.05, 0.1) is 19.8 Å². The molecule has 1 unspecified atom stereocenters. The highest BCUT2D eigenvalue weighted by atomic mass is 16.8. The zero-order chi connectivity index (χ0) is 21.0. The summed E-state index contributed by atoms with van der Waals surface area (Å²) in [6.07, 6.45) is -1.03. The first-order chi connectivity index (χ1) is 14.5. The van der Waals surface area contributed by atoms with Crippen LogP contribution in [0.1, 0.15) is 31.4 Å². The van der Waals surface area contributed by atoms with Crippen LogP contribution < -0.4 is 0 Å². The van der Waals surface area contributed by atoms with E-state index in [1.807, 2.05) is 74.5 Å². The molecule has 30 heavy (non-hydrogen) atoms. The molecule has 4 atom stereocenters. The number of aliphatic hydroxyl groups excluding tert-OH is 1. The summed E-state index contributed by atoms with van der Waals surface area (Å²) in [6.45, 7) is 4.80. The lowest BCUT2D eigenvalue weighted by atomic mass is 9.92. The molecule has 4 rings (SSSR count). The van der Waals surface area contributed by atoms with E-state index in [-0.39, 0.29) is 13.2 Å². The summed E-state index contributed by atoms with van der Waals surface area (Å²) in [5.41, 5.74) is 1.27. The molecule has 2 fully saturated rings. The topological polar surface area (TPSA) is 66.4 Å². The Labute approximate surface area is 177 Å². The molecule has 6 nitrogen and oxygen atoms in total. The SMILES string of the molecule is CC1(C)OC2[C@@H](O1)O[C@](CCO)(COCc1ccccc1)[C@@H]2OCc1ccccc1. The fraction of sp³-hybridized carbons (Fsp3) is 0.500. The molecule has 1 N–H and O–H groups in total. The second-order valence-electron chi connectivity index (χ2n) is 8.32.